The van der Waals surface area contributed by atoms with Crippen molar-refractivity contribution in [3.05, 3.63) is 102 Å². The van der Waals surface area contributed by atoms with Crippen LogP contribution in [0.25, 0.3) is 22.3 Å². The smallest absolute Gasteiger partial charge is 0.162 e. The molecule has 0 aliphatic carbocycles. The van der Waals surface area contributed by atoms with Crippen molar-refractivity contribution in [3.63, 3.8) is 0 Å². The fraction of sp³-hybridized carbons (Fsp3) is 0.154. The zero-order chi connectivity index (χ0) is 21.7. The molecule has 2 heterocycles. The molecule has 0 atom stereocenters. The molecule has 0 radical (unpaired) electrons. The third-order valence-electron chi connectivity index (χ3n) is 4.85. The minimum Gasteiger partial charge on any atom is -0.399 e. The summed E-state index contributed by atoms with van der Waals surface area (Å²) in [5.41, 5.74) is 15.0. The maximum absolute atomic E-state index is 5.79. The summed E-state index contributed by atoms with van der Waals surface area (Å²) in [6.07, 6.45) is 9.55. The number of aromatic nitrogens is 3. The van der Waals surface area contributed by atoms with Gasteiger partial charge in [-0.15, -0.1) is 0 Å². The first-order valence-electron chi connectivity index (χ1n) is 10.2. The molecule has 0 unspecified atom stereocenters. The van der Waals surface area contributed by atoms with Gasteiger partial charge in [0.05, 0.1) is 6.20 Å². The van der Waals surface area contributed by atoms with Gasteiger partial charge in [0.1, 0.15) is 0 Å². The summed E-state index contributed by atoms with van der Waals surface area (Å²) in [7, 11) is 0. The second-order valence-corrected chi connectivity index (χ2v) is 6.93. The van der Waals surface area contributed by atoms with Gasteiger partial charge in [-0.25, -0.2) is 9.50 Å². The summed E-state index contributed by atoms with van der Waals surface area (Å²) in [6.45, 7) is 12.1. The SMILES string of the molecule is C=C/C=C(\c1ccc(C)cc1C)c1cnn2cc(-c3ccc(N)cc3)cnc12.CC. The van der Waals surface area contributed by atoms with Gasteiger partial charge >= 0.3 is 0 Å². The molecule has 0 fully saturated rings. The van der Waals surface area contributed by atoms with E-state index < -0.39 is 0 Å². The fourth-order valence-corrected chi connectivity index (χ4v) is 3.45. The Morgan fingerprint density at radius 1 is 0.967 bits per heavy atom. The number of hydrogen-bond donors (Lipinski definition) is 1. The van der Waals surface area contributed by atoms with E-state index in [1.165, 1.54) is 11.1 Å². The van der Waals surface area contributed by atoms with Gasteiger partial charge < -0.3 is 5.73 Å². The lowest BCUT2D eigenvalue weighted by Gasteiger charge is -2.11. The number of nitrogens with zero attached hydrogens (tertiary/aromatic N) is 3. The lowest BCUT2D eigenvalue weighted by atomic mass is 9.94. The summed E-state index contributed by atoms with van der Waals surface area (Å²) in [6, 6.07) is 14.2. The molecule has 2 aromatic heterocycles. The molecule has 4 heteroatoms. The average molecular weight is 397 g/mol. The highest BCUT2D eigenvalue weighted by atomic mass is 15.2. The second kappa shape index (κ2) is 9.23. The van der Waals surface area contributed by atoms with Gasteiger partial charge in [-0.1, -0.05) is 68.5 Å². The fourth-order valence-electron chi connectivity index (χ4n) is 3.45. The number of aryl methyl sites for hydroxylation is 2. The Labute approximate surface area is 178 Å². The van der Waals surface area contributed by atoms with Crippen LogP contribution in [-0.4, -0.2) is 14.6 Å². The first-order chi connectivity index (χ1) is 14.6. The summed E-state index contributed by atoms with van der Waals surface area (Å²) < 4.78 is 1.82. The number of nitrogen functional groups attached to an aromatic ring is 1. The molecule has 0 amide bonds. The van der Waals surface area contributed by atoms with Crippen LogP contribution in [0, 0.1) is 13.8 Å². The molecule has 4 nitrogen and oxygen atoms in total. The van der Waals surface area contributed by atoms with Crippen molar-refractivity contribution >= 4 is 16.9 Å². The van der Waals surface area contributed by atoms with Crippen molar-refractivity contribution in [1.29, 1.82) is 0 Å². The highest BCUT2D eigenvalue weighted by molar-refractivity contribution is 5.88. The van der Waals surface area contributed by atoms with E-state index >= 15 is 0 Å². The lowest BCUT2D eigenvalue weighted by molar-refractivity contribution is 0.941. The summed E-state index contributed by atoms with van der Waals surface area (Å²) in [4.78, 5) is 4.71. The van der Waals surface area contributed by atoms with E-state index in [2.05, 4.69) is 43.7 Å². The molecule has 0 saturated heterocycles. The van der Waals surface area contributed by atoms with Crippen LogP contribution < -0.4 is 5.73 Å². The van der Waals surface area contributed by atoms with Crippen LogP contribution in [0.15, 0.2) is 79.8 Å². The standard InChI is InChI=1S/C24H22N4.C2H6/c1-4-5-22(21-11-6-16(2)12-17(21)3)23-14-27-28-15-19(13-26-24(23)28)18-7-9-20(25)10-8-18;1-2/h4-15H,1,25H2,2-3H3;1-2H3/b22-5+;. The lowest BCUT2D eigenvalue weighted by Crippen LogP contribution is -1.95. The molecule has 0 bridgehead atoms. The van der Waals surface area contributed by atoms with E-state index in [4.69, 9.17) is 10.7 Å². The third kappa shape index (κ3) is 4.18. The predicted molar refractivity (Wildman–Crippen MR) is 127 cm³/mol. The zero-order valence-electron chi connectivity index (χ0n) is 18.1. The van der Waals surface area contributed by atoms with Gasteiger partial charge in [0.2, 0.25) is 0 Å². The topological polar surface area (TPSA) is 56.2 Å². The van der Waals surface area contributed by atoms with Crippen molar-refractivity contribution in [2.45, 2.75) is 27.7 Å². The Kier molecular flexibility index (Phi) is 6.48. The molecule has 0 saturated carbocycles. The molecule has 0 aliphatic heterocycles. The molecule has 0 spiro atoms. The largest absolute Gasteiger partial charge is 0.399 e. The molecular formula is C26H28N4. The minimum absolute atomic E-state index is 0.742. The first-order valence-corrected chi connectivity index (χ1v) is 10.2. The zero-order valence-corrected chi connectivity index (χ0v) is 18.1. The second-order valence-electron chi connectivity index (χ2n) is 6.93. The Morgan fingerprint density at radius 2 is 1.70 bits per heavy atom. The molecular weight excluding hydrogens is 368 g/mol. The number of hydrogen-bond acceptors (Lipinski definition) is 3. The number of rotatable bonds is 4. The van der Waals surface area contributed by atoms with Gasteiger partial charge in [-0.3, -0.25) is 0 Å². The van der Waals surface area contributed by atoms with Crippen LogP contribution in [0.1, 0.15) is 36.1 Å². The highest BCUT2D eigenvalue weighted by Gasteiger charge is 2.14. The summed E-state index contributed by atoms with van der Waals surface area (Å²) >= 11 is 0. The number of nitrogens with two attached hydrogens (primary N) is 1. The van der Waals surface area contributed by atoms with Gasteiger partial charge in [-0.05, 0) is 48.2 Å². The molecule has 2 aromatic carbocycles. The average Bonchev–Trinajstić information content (AvgIpc) is 3.17. The normalized spacial score (nSPS) is 11.1. The number of allylic oxidation sites excluding steroid dienone is 2. The molecule has 0 aliphatic rings. The van der Waals surface area contributed by atoms with Crippen molar-refractivity contribution in [3.8, 4) is 11.1 Å². The van der Waals surface area contributed by atoms with Crippen LogP contribution in [0.5, 0.6) is 0 Å². The number of anilines is 1. The van der Waals surface area contributed by atoms with Crippen LogP contribution in [0.3, 0.4) is 0 Å². The van der Waals surface area contributed by atoms with Gasteiger partial charge in [0.15, 0.2) is 5.65 Å². The van der Waals surface area contributed by atoms with Crippen molar-refractivity contribution in [2.75, 3.05) is 5.73 Å². The third-order valence-corrected chi connectivity index (χ3v) is 4.85. The Bertz CT molecular complexity index is 1200. The highest BCUT2D eigenvalue weighted by Crippen LogP contribution is 2.30. The quantitative estimate of drug-likeness (QED) is 0.328. The van der Waals surface area contributed by atoms with E-state index in [9.17, 15) is 0 Å². The maximum Gasteiger partial charge on any atom is 0.162 e. The van der Waals surface area contributed by atoms with E-state index in [1.807, 2.05) is 67.3 Å². The predicted octanol–water partition coefficient (Wildman–Crippen LogP) is 6.24. The van der Waals surface area contributed by atoms with E-state index in [1.54, 1.807) is 6.08 Å². The Hall–Kier alpha value is -3.66. The Balaban J connectivity index is 0.00000124. The van der Waals surface area contributed by atoms with Crippen LogP contribution in [0.4, 0.5) is 5.69 Å². The van der Waals surface area contributed by atoms with E-state index in [0.717, 1.165) is 39.2 Å². The maximum atomic E-state index is 5.79. The number of benzene rings is 2. The molecule has 4 aromatic rings. The summed E-state index contributed by atoms with van der Waals surface area (Å²) in [5, 5.41) is 4.55. The molecule has 4 rings (SSSR count). The molecule has 30 heavy (non-hydrogen) atoms. The van der Waals surface area contributed by atoms with Crippen LogP contribution in [0.2, 0.25) is 0 Å². The minimum atomic E-state index is 0.742. The first kappa shape index (κ1) is 21.1. The van der Waals surface area contributed by atoms with E-state index in [0.29, 0.717) is 0 Å². The molecule has 152 valence electrons. The van der Waals surface area contributed by atoms with Gasteiger partial charge in [0.25, 0.3) is 0 Å². The van der Waals surface area contributed by atoms with Crippen LogP contribution in [-0.2, 0) is 0 Å². The van der Waals surface area contributed by atoms with Gasteiger partial charge in [0, 0.05) is 29.2 Å². The monoisotopic (exact) mass is 396 g/mol. The van der Waals surface area contributed by atoms with Crippen molar-refractivity contribution in [1.82, 2.24) is 14.6 Å². The van der Waals surface area contributed by atoms with Crippen molar-refractivity contribution in [2.24, 2.45) is 0 Å². The summed E-state index contributed by atoms with van der Waals surface area (Å²) in [5.74, 6) is 0. The molecule has 2 N–H and O–H groups in total. The van der Waals surface area contributed by atoms with E-state index in [-0.39, 0.29) is 0 Å². The van der Waals surface area contributed by atoms with Gasteiger partial charge in [-0.2, -0.15) is 5.10 Å². The van der Waals surface area contributed by atoms with Crippen LogP contribution >= 0.6 is 0 Å². The number of fused-ring (bicyclic) bond motifs is 1. The Morgan fingerprint density at radius 3 is 2.37 bits per heavy atom. The van der Waals surface area contributed by atoms with Crippen molar-refractivity contribution < 1.29 is 0 Å².